The summed E-state index contributed by atoms with van der Waals surface area (Å²) in [5.41, 5.74) is 0. The minimum Gasteiger partial charge on any atom is -0.355 e. The van der Waals surface area contributed by atoms with E-state index in [9.17, 15) is 4.79 Å². The van der Waals surface area contributed by atoms with E-state index in [4.69, 9.17) is 0 Å². The molecule has 0 heterocycles. The molecule has 0 aromatic carbocycles. The number of carbonyl (C=O) groups is 1. The highest BCUT2D eigenvalue weighted by Crippen LogP contribution is 2.10. The van der Waals surface area contributed by atoms with Crippen LogP contribution in [0.1, 0.15) is 40.5 Å². The van der Waals surface area contributed by atoms with E-state index < -0.39 is 0 Å². The summed E-state index contributed by atoms with van der Waals surface area (Å²) in [7, 11) is 0. The molecule has 84 valence electrons. The van der Waals surface area contributed by atoms with Crippen molar-refractivity contribution in [1.82, 2.24) is 5.32 Å². The van der Waals surface area contributed by atoms with Crippen molar-refractivity contribution >= 4 is 18.5 Å². The number of thiol groups is 1. The Bertz CT molecular complexity index is 167. The number of hydrogen-bond donors (Lipinski definition) is 2. The maximum absolute atomic E-state index is 11.5. The van der Waals surface area contributed by atoms with Gasteiger partial charge in [0.1, 0.15) is 0 Å². The van der Waals surface area contributed by atoms with Gasteiger partial charge in [-0.1, -0.05) is 40.5 Å². The average molecular weight is 217 g/mol. The summed E-state index contributed by atoms with van der Waals surface area (Å²) in [5, 5.41) is 2.77. The molecule has 0 aliphatic rings. The lowest BCUT2D eigenvalue weighted by Gasteiger charge is -2.17. The van der Waals surface area contributed by atoms with E-state index in [-0.39, 0.29) is 11.2 Å². The molecule has 1 amide bonds. The predicted octanol–water partition coefficient (Wildman–Crippen LogP) is 2.49. The molecule has 1 atom stereocenters. The molecule has 0 fully saturated rings. The molecule has 0 saturated carbocycles. The van der Waals surface area contributed by atoms with Gasteiger partial charge in [-0.2, -0.15) is 12.6 Å². The number of nitrogens with one attached hydrogen (secondary N) is 1. The summed E-state index contributed by atoms with van der Waals surface area (Å²) >= 11 is 4.27. The zero-order valence-electron chi connectivity index (χ0n) is 9.71. The minimum atomic E-state index is -0.177. The standard InChI is InChI=1S/C11H23NOS/c1-5-9(6-2)7-12-11(13)10(14)8(3)4/h8-10,14H,5-7H2,1-4H3,(H,12,13). The van der Waals surface area contributed by atoms with E-state index in [0.717, 1.165) is 19.4 Å². The van der Waals surface area contributed by atoms with Crippen LogP contribution in [0, 0.1) is 11.8 Å². The van der Waals surface area contributed by atoms with Gasteiger partial charge in [0.15, 0.2) is 0 Å². The van der Waals surface area contributed by atoms with Crippen molar-refractivity contribution in [3.8, 4) is 0 Å². The number of amides is 1. The van der Waals surface area contributed by atoms with Gasteiger partial charge in [0.2, 0.25) is 5.91 Å². The predicted molar refractivity (Wildman–Crippen MR) is 64.7 cm³/mol. The van der Waals surface area contributed by atoms with Crippen LogP contribution < -0.4 is 5.32 Å². The molecule has 0 saturated heterocycles. The summed E-state index contributed by atoms with van der Waals surface area (Å²) in [6.07, 6.45) is 2.24. The molecular weight excluding hydrogens is 194 g/mol. The van der Waals surface area contributed by atoms with Gasteiger partial charge >= 0.3 is 0 Å². The fraction of sp³-hybridized carbons (Fsp3) is 0.909. The van der Waals surface area contributed by atoms with Crippen molar-refractivity contribution < 1.29 is 4.79 Å². The van der Waals surface area contributed by atoms with E-state index in [1.165, 1.54) is 0 Å². The zero-order chi connectivity index (χ0) is 11.1. The van der Waals surface area contributed by atoms with Crippen molar-refractivity contribution in [2.24, 2.45) is 11.8 Å². The SMILES string of the molecule is CCC(CC)CNC(=O)C(S)C(C)C. The van der Waals surface area contributed by atoms with E-state index >= 15 is 0 Å². The quantitative estimate of drug-likeness (QED) is 0.658. The van der Waals surface area contributed by atoms with E-state index in [1.807, 2.05) is 13.8 Å². The topological polar surface area (TPSA) is 29.1 Å². The van der Waals surface area contributed by atoms with Crippen molar-refractivity contribution in [3.63, 3.8) is 0 Å². The molecule has 14 heavy (non-hydrogen) atoms. The van der Waals surface area contributed by atoms with Gasteiger partial charge in [-0.15, -0.1) is 0 Å². The average Bonchev–Trinajstić information content (AvgIpc) is 2.17. The van der Waals surface area contributed by atoms with Crippen LogP contribution >= 0.6 is 12.6 Å². The Kier molecular flexibility index (Phi) is 7.06. The van der Waals surface area contributed by atoms with Crippen LogP contribution in [0.25, 0.3) is 0 Å². The zero-order valence-corrected chi connectivity index (χ0v) is 10.6. The fourth-order valence-corrected chi connectivity index (χ4v) is 1.32. The first kappa shape index (κ1) is 13.8. The molecule has 0 spiro atoms. The maximum atomic E-state index is 11.5. The molecule has 2 nitrogen and oxygen atoms in total. The fourth-order valence-electron chi connectivity index (χ4n) is 1.23. The maximum Gasteiger partial charge on any atom is 0.233 e. The third-order valence-electron chi connectivity index (χ3n) is 2.62. The molecule has 1 N–H and O–H groups in total. The van der Waals surface area contributed by atoms with Gasteiger partial charge in [0, 0.05) is 6.54 Å². The van der Waals surface area contributed by atoms with Crippen LogP contribution in [0.5, 0.6) is 0 Å². The molecule has 3 heteroatoms. The summed E-state index contributed by atoms with van der Waals surface area (Å²) in [6, 6.07) is 0. The Hall–Kier alpha value is -0.180. The third kappa shape index (κ3) is 4.89. The largest absolute Gasteiger partial charge is 0.355 e. The summed E-state index contributed by atoms with van der Waals surface area (Å²) < 4.78 is 0. The van der Waals surface area contributed by atoms with Crippen molar-refractivity contribution in [2.45, 2.75) is 45.8 Å². The Balaban J connectivity index is 3.83. The molecule has 0 bridgehead atoms. The normalized spacial score (nSPS) is 13.4. The van der Waals surface area contributed by atoms with Crippen LogP contribution in [0.15, 0.2) is 0 Å². The lowest BCUT2D eigenvalue weighted by Crippen LogP contribution is -2.37. The first-order valence-electron chi connectivity index (χ1n) is 5.48. The summed E-state index contributed by atoms with van der Waals surface area (Å²) in [4.78, 5) is 11.5. The summed E-state index contributed by atoms with van der Waals surface area (Å²) in [5.74, 6) is 0.960. The molecule has 1 unspecified atom stereocenters. The van der Waals surface area contributed by atoms with Crippen molar-refractivity contribution in [3.05, 3.63) is 0 Å². The molecule has 0 radical (unpaired) electrons. The highest BCUT2D eigenvalue weighted by atomic mass is 32.1. The van der Waals surface area contributed by atoms with Gasteiger partial charge in [-0.25, -0.2) is 0 Å². The van der Waals surface area contributed by atoms with Crippen LogP contribution in [-0.2, 0) is 4.79 Å². The Labute approximate surface area is 93.3 Å². The number of hydrogen-bond acceptors (Lipinski definition) is 2. The smallest absolute Gasteiger partial charge is 0.233 e. The Morgan fingerprint density at radius 3 is 2.14 bits per heavy atom. The number of rotatable bonds is 6. The number of carbonyl (C=O) groups excluding carboxylic acids is 1. The van der Waals surface area contributed by atoms with Crippen molar-refractivity contribution in [2.75, 3.05) is 6.54 Å². The minimum absolute atomic E-state index is 0.0650. The van der Waals surface area contributed by atoms with E-state index in [0.29, 0.717) is 11.8 Å². The summed E-state index contributed by atoms with van der Waals surface area (Å²) in [6.45, 7) is 9.11. The molecule has 0 aliphatic heterocycles. The van der Waals surface area contributed by atoms with Gasteiger partial charge in [0.05, 0.1) is 5.25 Å². The Morgan fingerprint density at radius 1 is 1.29 bits per heavy atom. The lowest BCUT2D eigenvalue weighted by atomic mass is 10.0. The van der Waals surface area contributed by atoms with Crippen LogP contribution in [-0.4, -0.2) is 17.7 Å². The molecule has 0 aliphatic carbocycles. The van der Waals surface area contributed by atoms with Crippen LogP contribution in [0.2, 0.25) is 0 Å². The first-order valence-corrected chi connectivity index (χ1v) is 6.00. The van der Waals surface area contributed by atoms with Gasteiger partial charge in [-0.3, -0.25) is 4.79 Å². The third-order valence-corrected chi connectivity index (χ3v) is 3.45. The lowest BCUT2D eigenvalue weighted by molar-refractivity contribution is -0.121. The molecule has 0 aromatic rings. The van der Waals surface area contributed by atoms with E-state index in [2.05, 4.69) is 31.8 Å². The van der Waals surface area contributed by atoms with Crippen LogP contribution in [0.3, 0.4) is 0 Å². The highest BCUT2D eigenvalue weighted by Gasteiger charge is 2.17. The van der Waals surface area contributed by atoms with Gasteiger partial charge in [0.25, 0.3) is 0 Å². The second-order valence-corrected chi connectivity index (χ2v) is 4.67. The molecule has 0 rings (SSSR count). The highest BCUT2D eigenvalue weighted by molar-refractivity contribution is 7.81. The van der Waals surface area contributed by atoms with Crippen LogP contribution in [0.4, 0.5) is 0 Å². The van der Waals surface area contributed by atoms with Gasteiger partial charge in [-0.05, 0) is 11.8 Å². The first-order chi connectivity index (χ1) is 6.52. The second-order valence-electron chi connectivity index (χ2n) is 4.12. The molecular formula is C11H23NOS. The second kappa shape index (κ2) is 7.16. The monoisotopic (exact) mass is 217 g/mol. The Morgan fingerprint density at radius 2 is 1.79 bits per heavy atom. The van der Waals surface area contributed by atoms with Gasteiger partial charge < -0.3 is 5.32 Å². The van der Waals surface area contributed by atoms with Crippen molar-refractivity contribution in [1.29, 1.82) is 0 Å². The molecule has 0 aromatic heterocycles. The van der Waals surface area contributed by atoms with E-state index in [1.54, 1.807) is 0 Å².